The lowest BCUT2D eigenvalue weighted by Gasteiger charge is -1.90. The van der Waals surface area contributed by atoms with E-state index < -0.39 is 5.24 Å². The van der Waals surface area contributed by atoms with E-state index >= 15 is 0 Å². The van der Waals surface area contributed by atoms with Gasteiger partial charge in [0, 0.05) is 5.56 Å². The van der Waals surface area contributed by atoms with Gasteiger partial charge in [-0.2, -0.15) is 4.98 Å². The van der Waals surface area contributed by atoms with Gasteiger partial charge in [0.25, 0.3) is 5.24 Å². The van der Waals surface area contributed by atoms with Crippen LogP contribution in [0.2, 0.25) is 0 Å². The van der Waals surface area contributed by atoms with E-state index in [1.54, 1.807) is 12.1 Å². The van der Waals surface area contributed by atoms with E-state index in [-0.39, 0.29) is 6.08 Å². The zero-order valence-electron chi connectivity index (χ0n) is 7.28. The monoisotopic (exact) mass is 211 g/mol. The van der Waals surface area contributed by atoms with Crippen LogP contribution in [0.4, 0.5) is 0 Å². The maximum Gasteiger partial charge on any atom is 0.394 e. The standard InChI is InChI=1S/C9H6ClNO3/c1-13-9-11-6-3-2-5(8(10)12)4-7(6)14-9/h2-4H,1H3. The average Bonchev–Trinajstić information content (AvgIpc) is 2.58. The van der Waals surface area contributed by atoms with Crippen molar-refractivity contribution in [3.63, 3.8) is 0 Å². The number of methoxy groups -OCH3 is 1. The first-order valence-electron chi connectivity index (χ1n) is 3.85. The first-order chi connectivity index (χ1) is 6.70. The smallest absolute Gasteiger partial charge is 0.394 e. The number of carbonyl (C=O) groups excluding carboxylic acids is 1. The van der Waals surface area contributed by atoms with Gasteiger partial charge in [-0.15, -0.1) is 0 Å². The molecule has 0 amide bonds. The molecule has 0 aliphatic rings. The topological polar surface area (TPSA) is 52.3 Å². The van der Waals surface area contributed by atoms with Crippen molar-refractivity contribution in [3.05, 3.63) is 23.8 Å². The van der Waals surface area contributed by atoms with Crippen molar-refractivity contribution in [2.75, 3.05) is 7.11 Å². The summed E-state index contributed by atoms with van der Waals surface area (Å²) < 4.78 is 9.97. The number of rotatable bonds is 2. The second-order valence-electron chi connectivity index (χ2n) is 2.64. The van der Waals surface area contributed by atoms with Gasteiger partial charge in [0.2, 0.25) is 0 Å². The Bertz CT molecular complexity index is 492. The fraction of sp³-hybridized carbons (Fsp3) is 0.111. The van der Waals surface area contributed by atoms with Crippen LogP contribution in [0, 0.1) is 0 Å². The molecule has 0 N–H and O–H groups in total. The van der Waals surface area contributed by atoms with Gasteiger partial charge in [-0.3, -0.25) is 4.79 Å². The highest BCUT2D eigenvalue weighted by atomic mass is 35.5. The van der Waals surface area contributed by atoms with Crippen molar-refractivity contribution in [1.82, 2.24) is 4.98 Å². The quantitative estimate of drug-likeness (QED) is 0.715. The molecule has 0 saturated heterocycles. The fourth-order valence-corrected chi connectivity index (χ4v) is 1.23. The molecule has 1 heterocycles. The summed E-state index contributed by atoms with van der Waals surface area (Å²) in [4.78, 5) is 14.8. The van der Waals surface area contributed by atoms with E-state index in [0.29, 0.717) is 16.7 Å². The van der Waals surface area contributed by atoms with Crippen molar-refractivity contribution < 1.29 is 13.9 Å². The molecule has 2 rings (SSSR count). The van der Waals surface area contributed by atoms with E-state index in [0.717, 1.165) is 0 Å². The normalized spacial score (nSPS) is 10.4. The fourth-order valence-electron chi connectivity index (χ4n) is 1.11. The summed E-state index contributed by atoms with van der Waals surface area (Å²) in [6, 6.07) is 4.76. The SMILES string of the molecule is COc1nc2ccc(C(=O)Cl)cc2o1. The van der Waals surface area contributed by atoms with Gasteiger partial charge in [0.1, 0.15) is 5.52 Å². The Morgan fingerprint density at radius 1 is 1.57 bits per heavy atom. The van der Waals surface area contributed by atoms with Crippen LogP contribution in [0.3, 0.4) is 0 Å². The van der Waals surface area contributed by atoms with E-state index in [4.69, 9.17) is 20.8 Å². The van der Waals surface area contributed by atoms with Crippen LogP contribution in [-0.4, -0.2) is 17.3 Å². The zero-order chi connectivity index (χ0) is 10.1. The molecule has 0 aliphatic heterocycles. The van der Waals surface area contributed by atoms with Crippen LogP contribution < -0.4 is 4.74 Å². The molecule has 0 unspecified atom stereocenters. The number of carbonyl (C=O) groups is 1. The van der Waals surface area contributed by atoms with Crippen molar-refractivity contribution in [2.45, 2.75) is 0 Å². The predicted molar refractivity (Wildman–Crippen MR) is 50.7 cm³/mol. The predicted octanol–water partition coefficient (Wildman–Crippen LogP) is 2.22. The van der Waals surface area contributed by atoms with Gasteiger partial charge in [-0.1, -0.05) is 0 Å². The van der Waals surface area contributed by atoms with E-state index in [1.165, 1.54) is 13.2 Å². The van der Waals surface area contributed by atoms with Crippen molar-refractivity contribution in [2.24, 2.45) is 0 Å². The largest absolute Gasteiger partial charge is 0.453 e. The molecule has 0 bridgehead atoms. The Morgan fingerprint density at radius 3 is 3.00 bits per heavy atom. The highest BCUT2D eigenvalue weighted by molar-refractivity contribution is 6.67. The molecular formula is C9H6ClNO3. The van der Waals surface area contributed by atoms with Crippen molar-refractivity contribution in [1.29, 1.82) is 0 Å². The summed E-state index contributed by atoms with van der Waals surface area (Å²) in [6.45, 7) is 0. The third kappa shape index (κ3) is 1.44. The van der Waals surface area contributed by atoms with Gasteiger partial charge < -0.3 is 9.15 Å². The lowest BCUT2D eigenvalue weighted by molar-refractivity contribution is 0.108. The van der Waals surface area contributed by atoms with Crippen LogP contribution in [-0.2, 0) is 0 Å². The Morgan fingerprint density at radius 2 is 2.36 bits per heavy atom. The minimum atomic E-state index is -0.526. The van der Waals surface area contributed by atoms with Crippen molar-refractivity contribution >= 4 is 27.9 Å². The van der Waals surface area contributed by atoms with E-state index in [2.05, 4.69) is 4.98 Å². The molecule has 0 spiro atoms. The van der Waals surface area contributed by atoms with Gasteiger partial charge in [0.15, 0.2) is 5.58 Å². The van der Waals surface area contributed by atoms with Crippen molar-refractivity contribution in [3.8, 4) is 6.08 Å². The van der Waals surface area contributed by atoms with Gasteiger partial charge in [0.05, 0.1) is 7.11 Å². The number of fused-ring (bicyclic) bond motifs is 1. The summed E-state index contributed by atoms with van der Waals surface area (Å²) >= 11 is 5.31. The number of aromatic nitrogens is 1. The molecule has 14 heavy (non-hydrogen) atoms. The number of oxazole rings is 1. The minimum Gasteiger partial charge on any atom is -0.453 e. The number of benzene rings is 1. The Balaban J connectivity index is 2.59. The molecule has 4 nitrogen and oxygen atoms in total. The maximum absolute atomic E-state index is 10.8. The molecule has 0 saturated carbocycles. The molecule has 0 radical (unpaired) electrons. The molecule has 1 aromatic carbocycles. The molecular weight excluding hydrogens is 206 g/mol. The Kier molecular flexibility index (Phi) is 2.13. The number of hydrogen-bond donors (Lipinski definition) is 0. The summed E-state index contributed by atoms with van der Waals surface area (Å²) in [5.74, 6) is 0. The van der Waals surface area contributed by atoms with Crippen LogP contribution in [0.1, 0.15) is 10.4 Å². The van der Waals surface area contributed by atoms with Crippen LogP contribution in [0.15, 0.2) is 22.6 Å². The molecule has 0 aliphatic carbocycles. The summed E-state index contributed by atoms with van der Waals surface area (Å²) in [6.07, 6.45) is 0.166. The molecule has 1 aromatic heterocycles. The Hall–Kier alpha value is -1.55. The second-order valence-corrected chi connectivity index (χ2v) is 2.98. The van der Waals surface area contributed by atoms with Gasteiger partial charge >= 0.3 is 6.08 Å². The summed E-state index contributed by atoms with van der Waals surface area (Å²) in [5.41, 5.74) is 1.48. The maximum atomic E-state index is 10.8. The molecule has 0 atom stereocenters. The molecule has 2 aromatic rings. The van der Waals surface area contributed by atoms with Gasteiger partial charge in [-0.25, -0.2) is 0 Å². The van der Waals surface area contributed by atoms with Crippen LogP contribution >= 0.6 is 11.6 Å². The number of nitrogens with zero attached hydrogens (tertiary/aromatic N) is 1. The van der Waals surface area contributed by atoms with E-state index in [9.17, 15) is 4.79 Å². The number of halogens is 1. The summed E-state index contributed by atoms with van der Waals surface area (Å²) in [5, 5.41) is -0.526. The lowest BCUT2D eigenvalue weighted by atomic mass is 10.2. The zero-order valence-corrected chi connectivity index (χ0v) is 8.04. The van der Waals surface area contributed by atoms with Crippen LogP contribution in [0.25, 0.3) is 11.1 Å². The first-order valence-corrected chi connectivity index (χ1v) is 4.23. The highest BCUT2D eigenvalue weighted by Gasteiger charge is 2.08. The third-order valence-electron chi connectivity index (χ3n) is 1.77. The number of hydrogen-bond acceptors (Lipinski definition) is 4. The summed E-state index contributed by atoms with van der Waals surface area (Å²) in [7, 11) is 1.46. The molecule has 0 fully saturated rings. The average molecular weight is 212 g/mol. The van der Waals surface area contributed by atoms with E-state index in [1.807, 2.05) is 0 Å². The first kappa shape index (κ1) is 9.02. The minimum absolute atomic E-state index is 0.166. The third-order valence-corrected chi connectivity index (χ3v) is 1.99. The highest BCUT2D eigenvalue weighted by Crippen LogP contribution is 2.21. The number of ether oxygens (including phenoxy) is 1. The Labute approximate surface area is 84.4 Å². The lowest BCUT2D eigenvalue weighted by Crippen LogP contribution is -1.86. The van der Waals surface area contributed by atoms with Gasteiger partial charge in [-0.05, 0) is 29.8 Å². The molecule has 72 valence electrons. The second kappa shape index (κ2) is 3.31. The molecule has 5 heteroatoms. The van der Waals surface area contributed by atoms with Crippen LogP contribution in [0.5, 0.6) is 6.08 Å².